The van der Waals surface area contributed by atoms with Crippen molar-refractivity contribution in [1.29, 1.82) is 0 Å². The van der Waals surface area contributed by atoms with Gasteiger partial charge in [-0.05, 0) is 36.6 Å². The van der Waals surface area contributed by atoms with Crippen LogP contribution in [0.5, 0.6) is 5.75 Å². The molecule has 0 unspecified atom stereocenters. The molecule has 118 valence electrons. The zero-order chi connectivity index (χ0) is 16.2. The number of aromatic nitrogens is 1. The van der Waals surface area contributed by atoms with Gasteiger partial charge in [0.15, 0.2) is 0 Å². The molecule has 0 bridgehead atoms. The summed E-state index contributed by atoms with van der Waals surface area (Å²) < 4.78 is 5.14. The summed E-state index contributed by atoms with van der Waals surface area (Å²) >= 11 is 3.29. The molecule has 0 saturated heterocycles. The number of amides is 1. The minimum atomic E-state index is -0.116. The van der Waals surface area contributed by atoms with Crippen LogP contribution in [0, 0.1) is 6.92 Å². The zero-order valence-corrected chi connectivity index (χ0v) is 14.5. The van der Waals surface area contributed by atoms with Gasteiger partial charge in [0.25, 0.3) is 5.91 Å². The number of hydrogen-bond donors (Lipinski definition) is 1. The molecular weight excluding hydrogens is 328 g/mol. The number of nitrogens with zero attached hydrogens (tertiary/aromatic N) is 1. The van der Waals surface area contributed by atoms with Crippen LogP contribution in [0.2, 0.25) is 0 Å². The van der Waals surface area contributed by atoms with Crippen LogP contribution in [-0.4, -0.2) is 18.0 Å². The summed E-state index contributed by atoms with van der Waals surface area (Å²) in [6, 6.07) is 11.2. The average molecular weight is 344 g/mol. The first-order valence-electron chi connectivity index (χ1n) is 7.10. The predicted molar refractivity (Wildman–Crippen MR) is 94.3 cm³/mol. The van der Waals surface area contributed by atoms with Gasteiger partial charge in [0.05, 0.1) is 24.2 Å². The molecule has 23 heavy (non-hydrogen) atoms. The molecule has 1 N–H and O–H groups in total. The number of thiophene rings is 1. The minimum Gasteiger partial charge on any atom is -0.497 e. The molecule has 0 spiro atoms. The molecule has 0 atom stereocenters. The van der Waals surface area contributed by atoms with Crippen molar-refractivity contribution < 1.29 is 9.53 Å². The van der Waals surface area contributed by atoms with Crippen molar-refractivity contribution in [3.8, 4) is 15.6 Å². The van der Waals surface area contributed by atoms with E-state index >= 15 is 0 Å². The van der Waals surface area contributed by atoms with Gasteiger partial charge in [-0.15, -0.1) is 22.7 Å². The average Bonchev–Trinajstić information content (AvgIpc) is 3.22. The Labute approximate surface area is 142 Å². The highest BCUT2D eigenvalue weighted by molar-refractivity contribution is 7.21. The van der Waals surface area contributed by atoms with Crippen LogP contribution in [0.3, 0.4) is 0 Å². The maximum absolute atomic E-state index is 12.3. The Morgan fingerprint density at radius 1 is 1.30 bits per heavy atom. The second-order valence-electron chi connectivity index (χ2n) is 4.92. The summed E-state index contributed by atoms with van der Waals surface area (Å²) in [5, 5.41) is 5.99. The maximum atomic E-state index is 12.3. The van der Waals surface area contributed by atoms with Crippen molar-refractivity contribution in [3.63, 3.8) is 0 Å². The SMILES string of the molecule is COc1cccc(C(=O)NCc2sc(-c3cccs3)nc2C)c1. The van der Waals surface area contributed by atoms with E-state index in [1.807, 2.05) is 24.4 Å². The quantitative estimate of drug-likeness (QED) is 0.757. The third-order valence-corrected chi connectivity index (χ3v) is 5.56. The number of carbonyl (C=O) groups is 1. The van der Waals surface area contributed by atoms with Gasteiger partial charge in [-0.2, -0.15) is 0 Å². The smallest absolute Gasteiger partial charge is 0.251 e. The molecule has 3 aromatic rings. The molecule has 3 rings (SSSR count). The summed E-state index contributed by atoms with van der Waals surface area (Å²) in [6.45, 7) is 2.45. The van der Waals surface area contributed by atoms with Gasteiger partial charge in [0.2, 0.25) is 0 Å². The molecule has 2 heterocycles. The second-order valence-corrected chi connectivity index (χ2v) is 6.95. The van der Waals surface area contributed by atoms with E-state index in [1.54, 1.807) is 48.0 Å². The number of methoxy groups -OCH3 is 1. The normalized spacial score (nSPS) is 10.5. The van der Waals surface area contributed by atoms with Crippen LogP contribution in [0.4, 0.5) is 0 Å². The zero-order valence-electron chi connectivity index (χ0n) is 12.8. The lowest BCUT2D eigenvalue weighted by atomic mass is 10.2. The highest BCUT2D eigenvalue weighted by Gasteiger charge is 2.12. The molecule has 4 nitrogen and oxygen atoms in total. The van der Waals surface area contributed by atoms with Crippen molar-refractivity contribution in [1.82, 2.24) is 10.3 Å². The topological polar surface area (TPSA) is 51.2 Å². The predicted octanol–water partition coefficient (Wildman–Crippen LogP) is 4.12. The number of carbonyl (C=O) groups excluding carboxylic acids is 1. The fourth-order valence-electron chi connectivity index (χ4n) is 2.12. The van der Waals surface area contributed by atoms with Crippen molar-refractivity contribution in [3.05, 3.63) is 57.9 Å². The Hall–Kier alpha value is -2.18. The van der Waals surface area contributed by atoms with Crippen LogP contribution in [-0.2, 0) is 6.54 Å². The Bertz CT molecular complexity index is 810. The molecule has 6 heteroatoms. The van der Waals surface area contributed by atoms with E-state index in [4.69, 9.17) is 4.74 Å². The standard InChI is InChI=1S/C17H16N2O2S2/c1-11-15(23-17(19-11)14-7-4-8-22-14)10-18-16(20)12-5-3-6-13(9-12)21-2/h3-9H,10H2,1-2H3,(H,18,20). The van der Waals surface area contributed by atoms with Crippen molar-refractivity contribution in [2.24, 2.45) is 0 Å². The van der Waals surface area contributed by atoms with E-state index < -0.39 is 0 Å². The summed E-state index contributed by atoms with van der Waals surface area (Å²) in [5.41, 5.74) is 1.55. The minimum absolute atomic E-state index is 0.116. The van der Waals surface area contributed by atoms with Gasteiger partial charge in [-0.25, -0.2) is 4.98 Å². The fourth-order valence-corrected chi connectivity index (χ4v) is 3.92. The van der Waals surface area contributed by atoms with Gasteiger partial charge in [-0.3, -0.25) is 4.79 Å². The highest BCUT2D eigenvalue weighted by atomic mass is 32.1. The van der Waals surface area contributed by atoms with Crippen molar-refractivity contribution >= 4 is 28.6 Å². The number of thiazole rings is 1. The highest BCUT2D eigenvalue weighted by Crippen LogP contribution is 2.31. The van der Waals surface area contributed by atoms with E-state index in [0.29, 0.717) is 17.9 Å². The van der Waals surface area contributed by atoms with Gasteiger partial charge in [0.1, 0.15) is 10.8 Å². The lowest BCUT2D eigenvalue weighted by Crippen LogP contribution is -2.22. The third-order valence-electron chi connectivity index (χ3n) is 3.37. The molecule has 0 saturated carbocycles. The monoisotopic (exact) mass is 344 g/mol. The maximum Gasteiger partial charge on any atom is 0.251 e. The van der Waals surface area contributed by atoms with Gasteiger partial charge in [0, 0.05) is 10.4 Å². The van der Waals surface area contributed by atoms with E-state index in [0.717, 1.165) is 20.5 Å². The molecule has 2 aromatic heterocycles. The van der Waals surface area contributed by atoms with Crippen molar-refractivity contribution in [2.45, 2.75) is 13.5 Å². The lowest BCUT2D eigenvalue weighted by molar-refractivity contribution is 0.0951. The Morgan fingerprint density at radius 3 is 2.91 bits per heavy atom. The molecule has 0 aliphatic heterocycles. The number of ether oxygens (including phenoxy) is 1. The first-order chi connectivity index (χ1) is 11.2. The fraction of sp³-hybridized carbons (Fsp3) is 0.176. The third kappa shape index (κ3) is 3.60. The largest absolute Gasteiger partial charge is 0.497 e. The summed E-state index contributed by atoms with van der Waals surface area (Å²) in [5.74, 6) is 0.556. The first kappa shape index (κ1) is 15.7. The number of nitrogens with one attached hydrogen (secondary N) is 1. The van der Waals surface area contributed by atoms with E-state index in [1.165, 1.54) is 0 Å². The molecule has 0 fully saturated rings. The van der Waals surface area contributed by atoms with Gasteiger partial charge >= 0.3 is 0 Å². The van der Waals surface area contributed by atoms with Crippen LogP contribution in [0.1, 0.15) is 20.9 Å². The molecule has 0 aliphatic rings. The Morgan fingerprint density at radius 2 is 2.17 bits per heavy atom. The number of rotatable bonds is 5. The van der Waals surface area contributed by atoms with Crippen molar-refractivity contribution in [2.75, 3.05) is 7.11 Å². The van der Waals surface area contributed by atoms with Crippen LogP contribution in [0.25, 0.3) is 9.88 Å². The lowest BCUT2D eigenvalue weighted by Gasteiger charge is -2.06. The van der Waals surface area contributed by atoms with Crippen LogP contribution >= 0.6 is 22.7 Å². The molecule has 1 amide bonds. The first-order valence-corrected chi connectivity index (χ1v) is 8.79. The Kier molecular flexibility index (Phi) is 4.73. The summed E-state index contributed by atoms with van der Waals surface area (Å²) in [6.07, 6.45) is 0. The van der Waals surface area contributed by atoms with E-state index in [9.17, 15) is 4.79 Å². The molecule has 0 aliphatic carbocycles. The van der Waals surface area contributed by atoms with Gasteiger partial charge < -0.3 is 10.1 Å². The number of hydrogen-bond acceptors (Lipinski definition) is 5. The molecule has 1 aromatic carbocycles. The summed E-state index contributed by atoms with van der Waals surface area (Å²) in [7, 11) is 1.59. The number of aryl methyl sites for hydroxylation is 1. The van der Waals surface area contributed by atoms with Gasteiger partial charge in [-0.1, -0.05) is 12.1 Å². The second kappa shape index (κ2) is 6.93. The van der Waals surface area contributed by atoms with Crippen LogP contribution < -0.4 is 10.1 Å². The Balaban J connectivity index is 1.69. The summed E-state index contributed by atoms with van der Waals surface area (Å²) in [4.78, 5) is 19.1. The molecular formula is C17H16N2O2S2. The van der Waals surface area contributed by atoms with E-state index in [-0.39, 0.29) is 5.91 Å². The van der Waals surface area contributed by atoms with Crippen LogP contribution in [0.15, 0.2) is 41.8 Å². The molecule has 0 radical (unpaired) electrons. The van der Waals surface area contributed by atoms with E-state index in [2.05, 4.69) is 16.4 Å². The number of benzene rings is 1.